The molecule has 0 aliphatic carbocycles. The highest BCUT2D eigenvalue weighted by atomic mass is 19.1. The molecule has 0 fully saturated rings. The monoisotopic (exact) mass is 322 g/mol. The second-order valence-corrected chi connectivity index (χ2v) is 5.50. The van der Waals surface area contributed by atoms with Gasteiger partial charge in [-0.3, -0.25) is 0 Å². The van der Waals surface area contributed by atoms with Crippen molar-refractivity contribution in [1.82, 2.24) is 15.0 Å². The molecule has 2 N–H and O–H groups in total. The van der Waals surface area contributed by atoms with Gasteiger partial charge in [-0.1, -0.05) is 36.4 Å². The van der Waals surface area contributed by atoms with Crippen LogP contribution in [0.25, 0.3) is 22.3 Å². The molecule has 0 unspecified atom stereocenters. The van der Waals surface area contributed by atoms with E-state index >= 15 is 0 Å². The van der Waals surface area contributed by atoms with Crippen molar-refractivity contribution in [3.63, 3.8) is 0 Å². The van der Waals surface area contributed by atoms with Gasteiger partial charge >= 0.3 is 0 Å². The van der Waals surface area contributed by atoms with Crippen molar-refractivity contribution in [2.45, 2.75) is 6.54 Å². The molecule has 3 aromatic heterocycles. The lowest BCUT2D eigenvalue weighted by molar-refractivity contribution is 0.624. The van der Waals surface area contributed by atoms with Gasteiger partial charge in [-0.25, -0.2) is 14.4 Å². The molecular weight excluding hydrogens is 303 g/mol. The van der Waals surface area contributed by atoms with Gasteiger partial charge in [0.15, 0.2) is 0 Å². The van der Waals surface area contributed by atoms with Crippen LogP contribution in [0.15, 0.2) is 67.0 Å². The van der Waals surface area contributed by atoms with E-state index in [0.29, 0.717) is 12.2 Å². The fourth-order valence-electron chi connectivity index (χ4n) is 2.66. The number of H-pyrrole nitrogens is 1. The summed E-state index contributed by atoms with van der Waals surface area (Å²) in [5, 5.41) is 4.04. The first-order chi connectivity index (χ1) is 11.8. The van der Waals surface area contributed by atoms with Crippen molar-refractivity contribution in [2.75, 3.05) is 5.32 Å². The van der Waals surface area contributed by atoms with E-state index < -0.39 is 0 Å². The molecule has 1 aromatic carbocycles. The first-order valence-electron chi connectivity index (χ1n) is 7.67. The molecule has 0 saturated heterocycles. The van der Waals surface area contributed by atoms with E-state index in [9.17, 15) is 4.39 Å². The molecule has 3 heterocycles. The van der Waals surface area contributed by atoms with Gasteiger partial charge in [-0.2, -0.15) is 0 Å². The summed E-state index contributed by atoms with van der Waals surface area (Å²) in [7, 11) is 0. The van der Waals surface area contributed by atoms with Crippen LogP contribution in [0.5, 0.6) is 0 Å². The number of aromatic amines is 1. The molecule has 0 radical (unpaired) electrons. The number of nitrogens with zero attached hydrogens (tertiary/aromatic N) is 2. The van der Waals surface area contributed by atoms with Gasteiger partial charge in [0.1, 0.15) is 17.3 Å². The highest BCUT2D eigenvalue weighted by molar-refractivity contribution is 5.92. The van der Waals surface area contributed by atoms with E-state index in [1.807, 2.05) is 36.4 Å². The number of fused-ring (bicyclic) bond motifs is 1. The number of benzene rings is 1. The van der Waals surface area contributed by atoms with Gasteiger partial charge in [0.25, 0.3) is 0 Å². The fraction of sp³-hybridized carbons (Fsp3) is 0.0526. The normalized spacial score (nSPS) is 10.9. The Morgan fingerprint density at radius 3 is 2.83 bits per heavy atom. The highest BCUT2D eigenvalue weighted by Crippen LogP contribution is 2.27. The maximum Gasteiger partial charge on any atom is 0.142 e. The lowest BCUT2D eigenvalue weighted by Gasteiger charge is -2.07. The average Bonchev–Trinajstić information content (AvgIpc) is 3.04. The quantitative estimate of drug-likeness (QED) is 0.563. The average molecular weight is 322 g/mol. The Morgan fingerprint density at radius 1 is 1.08 bits per heavy atom. The Balaban J connectivity index is 0.00000121. The van der Waals surface area contributed by atoms with Crippen molar-refractivity contribution in [2.24, 2.45) is 0 Å². The molecule has 0 saturated carbocycles. The van der Waals surface area contributed by atoms with Crippen LogP contribution in [0.2, 0.25) is 0 Å². The van der Waals surface area contributed by atoms with Crippen molar-refractivity contribution < 1.29 is 7.24 Å². The first kappa shape index (κ1) is 14.4. The Labute approximate surface area is 141 Å². The molecule has 0 bridgehead atoms. The van der Waals surface area contributed by atoms with Crippen molar-refractivity contribution in [3.05, 3.63) is 78.4 Å². The molecule has 24 heavy (non-hydrogen) atoms. The summed E-state index contributed by atoms with van der Waals surface area (Å²) in [6, 6.07) is 17.4. The predicted molar refractivity (Wildman–Crippen MR) is 97.3 cm³/mol. The third-order valence-electron chi connectivity index (χ3n) is 3.84. The van der Waals surface area contributed by atoms with E-state index in [-0.39, 0.29) is 8.67 Å². The number of aromatic nitrogens is 3. The van der Waals surface area contributed by atoms with Crippen molar-refractivity contribution in [1.29, 1.82) is 0 Å². The summed E-state index contributed by atoms with van der Waals surface area (Å²) in [6.45, 7) is 0.696. The summed E-state index contributed by atoms with van der Waals surface area (Å²) in [4.78, 5) is 11.7. The first-order valence-corrected chi connectivity index (χ1v) is 7.67. The number of anilines is 1. The van der Waals surface area contributed by atoms with Crippen LogP contribution in [-0.4, -0.2) is 15.0 Å². The Kier molecular flexibility index (Phi) is 3.67. The number of rotatable bonds is 4. The summed E-state index contributed by atoms with van der Waals surface area (Å²) >= 11 is 0. The number of pyridine rings is 2. The minimum absolute atomic E-state index is 0. The lowest BCUT2D eigenvalue weighted by atomic mass is 10.1. The largest absolute Gasteiger partial charge is 0.366 e. The minimum atomic E-state index is -0.360. The van der Waals surface area contributed by atoms with Crippen LogP contribution in [0.1, 0.15) is 8.42 Å². The molecule has 0 amide bonds. The standard InChI is InChI=1S/C19H15FN4.2H2/c20-14-9-15-16(12-23-19(15)22-11-14)17-7-4-8-18(24-17)21-10-13-5-2-1-3-6-13;;/h1-9,11-12H,10H2,(H,21,24)(H,22,23);2*1H. The zero-order chi connectivity index (χ0) is 16.4. The molecule has 0 spiro atoms. The second-order valence-electron chi connectivity index (χ2n) is 5.50. The highest BCUT2D eigenvalue weighted by Gasteiger charge is 2.10. The van der Waals surface area contributed by atoms with Gasteiger partial charge in [-0.15, -0.1) is 0 Å². The second kappa shape index (κ2) is 6.12. The number of hydrogen-bond acceptors (Lipinski definition) is 3. The summed E-state index contributed by atoms with van der Waals surface area (Å²) < 4.78 is 13.5. The van der Waals surface area contributed by atoms with E-state index in [1.54, 1.807) is 6.20 Å². The molecule has 4 rings (SSSR count). The molecule has 5 heteroatoms. The van der Waals surface area contributed by atoms with Crippen LogP contribution in [0, 0.1) is 5.82 Å². The maximum absolute atomic E-state index is 13.5. The Morgan fingerprint density at radius 2 is 1.96 bits per heavy atom. The smallest absolute Gasteiger partial charge is 0.142 e. The van der Waals surface area contributed by atoms with Gasteiger partial charge in [-0.05, 0) is 23.8 Å². The van der Waals surface area contributed by atoms with Crippen LogP contribution in [-0.2, 0) is 6.54 Å². The minimum Gasteiger partial charge on any atom is -0.366 e. The SMILES string of the molecule is Fc1cnc2[nH]cc(-c3cccc(NCc4ccccc4)n3)c2c1.[HH].[HH]. The maximum atomic E-state index is 13.5. The third-order valence-corrected chi connectivity index (χ3v) is 3.84. The van der Waals surface area contributed by atoms with Crippen LogP contribution in [0.4, 0.5) is 10.2 Å². The number of hydrogen-bond donors (Lipinski definition) is 2. The predicted octanol–water partition coefficient (Wildman–Crippen LogP) is 4.87. The van der Waals surface area contributed by atoms with Gasteiger partial charge < -0.3 is 10.3 Å². The van der Waals surface area contributed by atoms with Crippen LogP contribution in [0.3, 0.4) is 0 Å². The lowest BCUT2D eigenvalue weighted by Crippen LogP contribution is -2.01. The molecular formula is C19H19FN4. The van der Waals surface area contributed by atoms with Crippen LogP contribution < -0.4 is 5.32 Å². The Hall–Kier alpha value is -3.21. The molecule has 0 aliphatic heterocycles. The van der Waals surface area contributed by atoms with E-state index in [0.717, 1.165) is 22.5 Å². The molecule has 4 aromatic rings. The molecule has 0 aliphatic rings. The fourth-order valence-corrected chi connectivity index (χ4v) is 2.66. The zero-order valence-electron chi connectivity index (χ0n) is 12.8. The van der Waals surface area contributed by atoms with Crippen LogP contribution >= 0.6 is 0 Å². The summed E-state index contributed by atoms with van der Waals surface area (Å²) in [6.07, 6.45) is 3.01. The van der Waals surface area contributed by atoms with Gasteiger partial charge in [0, 0.05) is 26.5 Å². The Bertz CT molecular complexity index is 989. The summed E-state index contributed by atoms with van der Waals surface area (Å²) in [5.74, 6) is 0.414. The van der Waals surface area contributed by atoms with Crippen molar-refractivity contribution >= 4 is 16.9 Å². The topological polar surface area (TPSA) is 53.6 Å². The zero-order valence-corrected chi connectivity index (χ0v) is 12.8. The molecule has 122 valence electrons. The third kappa shape index (κ3) is 2.84. The van der Waals surface area contributed by atoms with Crippen molar-refractivity contribution in [3.8, 4) is 11.3 Å². The summed E-state index contributed by atoms with van der Waals surface area (Å²) in [5.41, 5.74) is 3.44. The van der Waals surface area contributed by atoms with E-state index in [4.69, 9.17) is 0 Å². The van der Waals surface area contributed by atoms with Gasteiger partial charge in [0.2, 0.25) is 0 Å². The van der Waals surface area contributed by atoms with E-state index in [2.05, 4.69) is 32.4 Å². The number of halogens is 1. The molecule has 0 atom stereocenters. The van der Waals surface area contributed by atoms with E-state index in [1.165, 1.54) is 17.8 Å². The molecule has 4 nitrogen and oxygen atoms in total. The van der Waals surface area contributed by atoms with Gasteiger partial charge in [0.05, 0.1) is 11.9 Å². The number of nitrogens with one attached hydrogen (secondary N) is 2.